The van der Waals surface area contributed by atoms with E-state index in [-0.39, 0.29) is 25.1 Å². The van der Waals surface area contributed by atoms with Crippen molar-refractivity contribution >= 4 is 50.9 Å². The zero-order valence-electron chi connectivity index (χ0n) is 12.4. The van der Waals surface area contributed by atoms with Crippen molar-refractivity contribution in [1.29, 1.82) is 0 Å². The Morgan fingerprint density at radius 2 is 2.04 bits per heavy atom. The monoisotopic (exact) mass is 399 g/mol. The fraction of sp³-hybridized carbons (Fsp3) is 0.462. The Kier molecular flexibility index (Phi) is 8.28. The Morgan fingerprint density at radius 1 is 1.35 bits per heavy atom. The quantitative estimate of drug-likeness (QED) is 0.207. The van der Waals surface area contributed by atoms with Crippen LogP contribution in [-0.2, 0) is 27.3 Å². The van der Waals surface area contributed by atoms with E-state index in [0.717, 1.165) is 12.0 Å². The first-order valence-electron chi connectivity index (χ1n) is 6.80. The fourth-order valence-electron chi connectivity index (χ4n) is 1.91. The smallest absolute Gasteiger partial charge is 0.366 e. The average molecular weight is 401 g/mol. The molecule has 0 aliphatic carbocycles. The molecule has 0 atom stereocenters. The lowest BCUT2D eigenvalue weighted by Gasteiger charge is -2.11. The number of hydrogen-bond acceptors (Lipinski definition) is 5. The van der Waals surface area contributed by atoms with Gasteiger partial charge in [0.25, 0.3) is 5.69 Å². The molecule has 0 saturated heterocycles. The molecule has 0 aliphatic rings. The van der Waals surface area contributed by atoms with Crippen LogP contribution >= 0.6 is 33.2 Å². The molecule has 0 N–H and O–H groups in total. The van der Waals surface area contributed by atoms with Gasteiger partial charge >= 0.3 is 12.0 Å². The Balaban J connectivity index is 2.69. The molecule has 0 aromatic heterocycles. The molecule has 128 valence electrons. The minimum Gasteiger partial charge on any atom is -0.459 e. The van der Waals surface area contributed by atoms with Crippen molar-refractivity contribution in [2.75, 3.05) is 12.8 Å². The number of carbonyl (C=O) groups excluding carboxylic acids is 1. The summed E-state index contributed by atoms with van der Waals surface area (Å²) in [6.07, 6.45) is 1.35. The largest absolute Gasteiger partial charge is 0.459 e. The third kappa shape index (κ3) is 7.50. The van der Waals surface area contributed by atoms with E-state index < -0.39 is 16.9 Å². The van der Waals surface area contributed by atoms with Crippen LogP contribution in [0.4, 0.5) is 5.69 Å². The van der Waals surface area contributed by atoms with Crippen LogP contribution < -0.4 is 0 Å². The number of rotatable bonds is 9. The summed E-state index contributed by atoms with van der Waals surface area (Å²) in [7, 11) is 0. The van der Waals surface area contributed by atoms with Crippen molar-refractivity contribution in [1.82, 2.24) is 0 Å². The molecule has 0 aliphatic heterocycles. The van der Waals surface area contributed by atoms with E-state index in [0.29, 0.717) is 12.0 Å². The maximum atomic E-state index is 11.6. The van der Waals surface area contributed by atoms with E-state index in [9.17, 15) is 14.9 Å². The van der Waals surface area contributed by atoms with Gasteiger partial charge in [-0.05, 0) is 12.0 Å². The van der Waals surface area contributed by atoms with E-state index in [1.165, 1.54) is 6.07 Å². The van der Waals surface area contributed by atoms with Gasteiger partial charge in [0.1, 0.15) is 13.2 Å². The topological polar surface area (TPSA) is 78.7 Å². The van der Waals surface area contributed by atoms with Gasteiger partial charge in [0.05, 0.1) is 16.7 Å². The van der Waals surface area contributed by atoms with Crippen molar-refractivity contribution in [3.8, 4) is 0 Å². The van der Waals surface area contributed by atoms with Gasteiger partial charge in [0.2, 0.25) is 0 Å². The van der Waals surface area contributed by atoms with E-state index in [1.54, 1.807) is 12.1 Å². The molecule has 0 spiro atoms. The third-order valence-corrected chi connectivity index (χ3v) is 4.34. The Morgan fingerprint density at radius 3 is 2.61 bits per heavy atom. The first-order chi connectivity index (χ1) is 10.7. The summed E-state index contributed by atoms with van der Waals surface area (Å²) in [6, 6.07) is 1.82. The first-order valence-corrected chi connectivity index (χ1v) is 12.0. The zero-order chi connectivity index (χ0) is 17.5. The maximum Gasteiger partial charge on any atom is 0.366 e. The third-order valence-electron chi connectivity index (χ3n) is 2.83. The van der Waals surface area contributed by atoms with Gasteiger partial charge in [-0.15, -0.1) is 33.2 Å². The first kappa shape index (κ1) is 20.2. The highest BCUT2D eigenvalue weighted by Crippen LogP contribution is 2.24. The predicted octanol–water partition coefficient (Wildman–Crippen LogP) is 3.80. The molecule has 1 aromatic carbocycles. The molecule has 1 rings (SSSR count). The van der Waals surface area contributed by atoms with Crippen LogP contribution in [0.1, 0.15) is 24.5 Å². The Bertz CT molecular complexity index is 565. The highest BCUT2D eigenvalue weighted by atomic mass is 35.8. The lowest BCUT2D eigenvalue weighted by Crippen LogP contribution is -2.23. The van der Waals surface area contributed by atoms with Crippen LogP contribution in [0.25, 0.3) is 0 Å². The van der Waals surface area contributed by atoms with Crippen molar-refractivity contribution in [2.45, 2.75) is 26.4 Å². The van der Waals surface area contributed by atoms with Gasteiger partial charge < -0.3 is 9.47 Å². The minimum absolute atomic E-state index is 0.0710. The van der Waals surface area contributed by atoms with Crippen molar-refractivity contribution in [3.05, 3.63) is 39.4 Å². The highest BCUT2D eigenvalue weighted by molar-refractivity contribution is 7.64. The Hall–Kier alpha value is -0.863. The summed E-state index contributed by atoms with van der Waals surface area (Å²) in [5, 5.41) is 11.1. The summed E-state index contributed by atoms with van der Waals surface area (Å²) >= 11 is 16.9. The zero-order valence-corrected chi connectivity index (χ0v) is 15.7. The molecule has 0 amide bonds. The van der Waals surface area contributed by atoms with Crippen LogP contribution in [0.2, 0.25) is 0 Å². The summed E-state index contributed by atoms with van der Waals surface area (Å²) in [6.45, 7) is 1.40. The molecule has 0 radical (unpaired) electrons. The van der Waals surface area contributed by atoms with Crippen molar-refractivity contribution in [3.63, 3.8) is 0 Å². The molecule has 10 heteroatoms. The SMILES string of the molecule is CCCc1cccc([N+](=O)[O-])c1COC(=O)COC[Si](Cl)(Cl)Cl. The number of halogens is 3. The number of hydrogen-bond donors (Lipinski definition) is 0. The van der Waals surface area contributed by atoms with Crippen LogP contribution in [-0.4, -0.2) is 29.7 Å². The number of nitro benzene ring substituents is 1. The molecule has 0 heterocycles. The molecule has 1 aromatic rings. The number of carbonyl (C=O) groups is 1. The van der Waals surface area contributed by atoms with E-state index in [2.05, 4.69) is 0 Å². The summed E-state index contributed by atoms with van der Waals surface area (Å²) in [5.41, 5.74) is 1.10. The average Bonchev–Trinajstić information content (AvgIpc) is 2.44. The van der Waals surface area contributed by atoms with Gasteiger partial charge in [0.15, 0.2) is 0 Å². The van der Waals surface area contributed by atoms with Crippen molar-refractivity contribution < 1.29 is 19.2 Å². The van der Waals surface area contributed by atoms with Crippen LogP contribution in [0.5, 0.6) is 0 Å². The van der Waals surface area contributed by atoms with E-state index in [4.69, 9.17) is 42.7 Å². The predicted molar refractivity (Wildman–Crippen MR) is 91.0 cm³/mol. The number of nitrogens with zero attached hydrogens (tertiary/aromatic N) is 1. The highest BCUT2D eigenvalue weighted by Gasteiger charge is 2.26. The standard InChI is InChI=1S/C13H16Cl3NO5Si/c1-2-4-10-5-3-6-12(17(19)20)11(10)7-22-13(18)8-21-9-23(14,15)16/h3,5-6H,2,4,7-9H2,1H3. The number of ether oxygens (including phenoxy) is 2. The molecule has 6 nitrogen and oxygen atoms in total. The number of benzene rings is 1. The minimum atomic E-state index is -2.96. The molecule has 23 heavy (non-hydrogen) atoms. The van der Waals surface area contributed by atoms with Gasteiger partial charge in [-0.3, -0.25) is 10.1 Å². The number of nitro groups is 1. The summed E-state index contributed by atoms with van der Waals surface area (Å²) in [5.74, 6) is -0.672. The molecule has 0 bridgehead atoms. The second-order valence-corrected chi connectivity index (χ2v) is 13.8. The molecule has 0 unspecified atom stereocenters. The van der Waals surface area contributed by atoms with Gasteiger partial charge in [-0.1, -0.05) is 25.5 Å². The van der Waals surface area contributed by atoms with Gasteiger partial charge in [0, 0.05) is 6.07 Å². The van der Waals surface area contributed by atoms with Crippen LogP contribution in [0.3, 0.4) is 0 Å². The number of esters is 1. The Labute approximate surface area is 148 Å². The normalized spacial score (nSPS) is 11.3. The lowest BCUT2D eigenvalue weighted by atomic mass is 10.0. The lowest BCUT2D eigenvalue weighted by molar-refractivity contribution is -0.385. The van der Waals surface area contributed by atoms with Crippen LogP contribution in [0, 0.1) is 10.1 Å². The molecular weight excluding hydrogens is 385 g/mol. The van der Waals surface area contributed by atoms with Gasteiger partial charge in [-0.2, -0.15) is 0 Å². The summed E-state index contributed by atoms with van der Waals surface area (Å²) < 4.78 is 10.00. The fourth-order valence-corrected chi connectivity index (χ4v) is 2.93. The number of aryl methyl sites for hydroxylation is 1. The van der Waals surface area contributed by atoms with Gasteiger partial charge in [-0.25, -0.2) is 4.79 Å². The summed E-state index contributed by atoms with van der Waals surface area (Å²) in [4.78, 5) is 22.2. The van der Waals surface area contributed by atoms with Crippen molar-refractivity contribution in [2.24, 2.45) is 0 Å². The second kappa shape index (κ2) is 9.44. The maximum absolute atomic E-state index is 11.6. The second-order valence-electron chi connectivity index (χ2n) is 4.69. The van der Waals surface area contributed by atoms with E-state index in [1.807, 2.05) is 6.92 Å². The molecular formula is C13H16Cl3NO5Si. The van der Waals surface area contributed by atoms with Crippen LogP contribution in [0.15, 0.2) is 18.2 Å². The molecule has 0 saturated carbocycles. The van der Waals surface area contributed by atoms with E-state index >= 15 is 0 Å². The molecule has 0 fully saturated rings.